The second-order valence-corrected chi connectivity index (χ2v) is 6.29. The molecule has 4 rings (SSSR count). The molecule has 0 aliphatic carbocycles. The lowest BCUT2D eigenvalue weighted by Gasteiger charge is -2.08. The molecule has 0 radical (unpaired) electrons. The number of aromatic nitrogens is 2. The summed E-state index contributed by atoms with van der Waals surface area (Å²) >= 11 is 0. The van der Waals surface area contributed by atoms with Gasteiger partial charge in [-0.05, 0) is 60.7 Å². The molecular weight excluding hydrogens is 364 g/mol. The summed E-state index contributed by atoms with van der Waals surface area (Å²) in [6.07, 6.45) is 1.74. The zero-order valence-corrected chi connectivity index (χ0v) is 15.4. The number of benzene rings is 3. The smallest absolute Gasteiger partial charge is 0.262 e. The number of nitrogens with zero attached hydrogens (tertiary/aromatic N) is 3. The third-order valence-corrected chi connectivity index (χ3v) is 4.27. The fraction of sp³-hybridized carbons (Fsp3) is 0.0435. The first-order valence-electron chi connectivity index (χ1n) is 8.96. The van der Waals surface area contributed by atoms with Gasteiger partial charge in [0.15, 0.2) is 6.61 Å². The van der Waals surface area contributed by atoms with Gasteiger partial charge in [-0.1, -0.05) is 12.1 Å². The van der Waals surface area contributed by atoms with Crippen LogP contribution in [0, 0.1) is 11.3 Å². The predicted octanol–water partition coefficient (Wildman–Crippen LogP) is 4.19. The Hall–Kier alpha value is -4.24. The molecule has 0 unspecified atom stereocenters. The van der Waals surface area contributed by atoms with Crippen LogP contribution in [0.2, 0.25) is 0 Å². The van der Waals surface area contributed by atoms with Crippen LogP contribution in [0.15, 0.2) is 79.0 Å². The summed E-state index contributed by atoms with van der Waals surface area (Å²) in [5.74, 6) is 0.302. The van der Waals surface area contributed by atoms with E-state index in [2.05, 4.69) is 15.3 Å². The molecule has 0 fully saturated rings. The zero-order valence-electron chi connectivity index (χ0n) is 15.4. The average molecular weight is 380 g/mol. The molecule has 1 aromatic heterocycles. The summed E-state index contributed by atoms with van der Waals surface area (Å²) in [6.45, 7) is -0.116. The van der Waals surface area contributed by atoms with Crippen molar-refractivity contribution in [2.45, 2.75) is 0 Å². The number of fused-ring (bicyclic) bond motifs is 1. The van der Waals surface area contributed by atoms with Crippen molar-refractivity contribution in [1.29, 1.82) is 5.26 Å². The topological polar surface area (TPSA) is 87.9 Å². The average Bonchev–Trinajstić information content (AvgIpc) is 2.78. The van der Waals surface area contributed by atoms with E-state index >= 15 is 0 Å². The van der Waals surface area contributed by atoms with Gasteiger partial charge in [-0.2, -0.15) is 5.26 Å². The van der Waals surface area contributed by atoms with Crippen molar-refractivity contribution < 1.29 is 9.53 Å². The lowest BCUT2D eigenvalue weighted by Crippen LogP contribution is -2.20. The molecular formula is C23H16N4O2. The molecule has 140 valence electrons. The van der Waals surface area contributed by atoms with E-state index in [9.17, 15) is 4.79 Å². The van der Waals surface area contributed by atoms with Gasteiger partial charge in [0.05, 0.1) is 34.6 Å². The SMILES string of the molecule is N#Cc1ccc(NC(=O)COc2ccc(-c3cnc4ccccc4n3)cc2)cc1. The Labute approximate surface area is 167 Å². The first-order chi connectivity index (χ1) is 14.2. The van der Waals surface area contributed by atoms with E-state index in [0.29, 0.717) is 17.0 Å². The van der Waals surface area contributed by atoms with E-state index < -0.39 is 0 Å². The van der Waals surface area contributed by atoms with Crippen LogP contribution < -0.4 is 10.1 Å². The van der Waals surface area contributed by atoms with Crippen molar-refractivity contribution in [3.8, 4) is 23.1 Å². The second kappa shape index (κ2) is 8.19. The second-order valence-electron chi connectivity index (χ2n) is 6.29. The molecule has 29 heavy (non-hydrogen) atoms. The van der Waals surface area contributed by atoms with Gasteiger partial charge in [-0.25, -0.2) is 4.98 Å². The number of hydrogen-bond acceptors (Lipinski definition) is 5. The molecule has 1 heterocycles. The van der Waals surface area contributed by atoms with Crippen LogP contribution in [0.5, 0.6) is 5.75 Å². The van der Waals surface area contributed by atoms with Gasteiger partial charge in [0.25, 0.3) is 5.91 Å². The van der Waals surface area contributed by atoms with Crippen LogP contribution in [0.25, 0.3) is 22.3 Å². The Kier molecular flexibility index (Phi) is 5.12. The van der Waals surface area contributed by atoms with Gasteiger partial charge in [-0.15, -0.1) is 0 Å². The lowest BCUT2D eigenvalue weighted by atomic mass is 10.1. The highest BCUT2D eigenvalue weighted by atomic mass is 16.5. The van der Waals surface area contributed by atoms with E-state index in [-0.39, 0.29) is 12.5 Å². The fourth-order valence-corrected chi connectivity index (χ4v) is 2.79. The summed E-state index contributed by atoms with van der Waals surface area (Å²) in [7, 11) is 0. The van der Waals surface area contributed by atoms with Crippen LogP contribution >= 0.6 is 0 Å². The number of amides is 1. The molecule has 0 bridgehead atoms. The summed E-state index contributed by atoms with van der Waals surface area (Å²) in [4.78, 5) is 21.1. The van der Waals surface area contributed by atoms with E-state index in [0.717, 1.165) is 22.3 Å². The van der Waals surface area contributed by atoms with Crippen molar-refractivity contribution in [2.24, 2.45) is 0 Å². The molecule has 6 heteroatoms. The minimum absolute atomic E-state index is 0.116. The highest BCUT2D eigenvalue weighted by Crippen LogP contribution is 2.22. The highest BCUT2D eigenvalue weighted by Gasteiger charge is 2.06. The number of nitriles is 1. The van der Waals surface area contributed by atoms with E-state index in [4.69, 9.17) is 10.00 Å². The van der Waals surface area contributed by atoms with Crippen LogP contribution in [0.1, 0.15) is 5.56 Å². The monoisotopic (exact) mass is 380 g/mol. The molecule has 4 aromatic rings. The van der Waals surface area contributed by atoms with Crippen LogP contribution in [0.4, 0.5) is 5.69 Å². The maximum atomic E-state index is 12.0. The minimum Gasteiger partial charge on any atom is -0.484 e. The number of nitrogens with one attached hydrogen (secondary N) is 1. The third-order valence-electron chi connectivity index (χ3n) is 4.27. The van der Waals surface area contributed by atoms with Crippen molar-refractivity contribution >= 4 is 22.6 Å². The van der Waals surface area contributed by atoms with Gasteiger partial charge in [0.2, 0.25) is 0 Å². The van der Waals surface area contributed by atoms with Gasteiger partial charge >= 0.3 is 0 Å². The lowest BCUT2D eigenvalue weighted by molar-refractivity contribution is -0.118. The number of para-hydroxylation sites is 2. The normalized spacial score (nSPS) is 10.3. The van der Waals surface area contributed by atoms with Gasteiger partial charge in [-0.3, -0.25) is 9.78 Å². The van der Waals surface area contributed by atoms with Gasteiger partial charge in [0.1, 0.15) is 5.75 Å². The molecule has 0 saturated carbocycles. The quantitative estimate of drug-likeness (QED) is 0.561. The third kappa shape index (κ3) is 4.37. The molecule has 0 atom stereocenters. The largest absolute Gasteiger partial charge is 0.484 e. The number of hydrogen-bond donors (Lipinski definition) is 1. The maximum absolute atomic E-state index is 12.0. The molecule has 0 spiro atoms. The molecule has 0 aliphatic heterocycles. The van der Waals surface area contributed by atoms with Crippen LogP contribution in [-0.2, 0) is 4.79 Å². The van der Waals surface area contributed by atoms with Crippen molar-refractivity contribution in [1.82, 2.24) is 9.97 Å². The first kappa shape index (κ1) is 18.1. The first-order valence-corrected chi connectivity index (χ1v) is 8.96. The summed E-state index contributed by atoms with van der Waals surface area (Å²) in [6, 6.07) is 23.7. The number of carbonyl (C=O) groups is 1. The molecule has 3 aromatic carbocycles. The summed E-state index contributed by atoms with van der Waals surface area (Å²) in [5, 5.41) is 11.5. The van der Waals surface area contributed by atoms with E-state index in [1.165, 1.54) is 0 Å². The van der Waals surface area contributed by atoms with Crippen molar-refractivity contribution in [2.75, 3.05) is 11.9 Å². The predicted molar refractivity (Wildman–Crippen MR) is 110 cm³/mol. The molecule has 0 aliphatic rings. The van der Waals surface area contributed by atoms with Crippen LogP contribution in [0.3, 0.4) is 0 Å². The Morgan fingerprint density at radius 1 is 0.966 bits per heavy atom. The Morgan fingerprint density at radius 3 is 2.41 bits per heavy atom. The summed E-state index contributed by atoms with van der Waals surface area (Å²) in [5.41, 5.74) is 4.53. The number of carbonyl (C=O) groups excluding carboxylic acids is 1. The van der Waals surface area contributed by atoms with Crippen molar-refractivity contribution in [3.05, 3.63) is 84.6 Å². The molecule has 6 nitrogen and oxygen atoms in total. The van der Waals surface area contributed by atoms with Gasteiger partial charge in [0, 0.05) is 11.3 Å². The Balaban J connectivity index is 1.37. The van der Waals surface area contributed by atoms with Crippen LogP contribution in [-0.4, -0.2) is 22.5 Å². The number of ether oxygens (including phenoxy) is 1. The molecule has 0 saturated heterocycles. The Morgan fingerprint density at radius 2 is 1.69 bits per heavy atom. The standard InChI is InChI=1S/C23H16N4O2/c24-13-16-5-9-18(10-6-16)26-23(28)15-29-19-11-7-17(8-12-19)22-14-25-20-3-1-2-4-21(20)27-22/h1-12,14H,15H2,(H,26,28). The zero-order chi connectivity index (χ0) is 20.1. The minimum atomic E-state index is -0.279. The maximum Gasteiger partial charge on any atom is 0.262 e. The highest BCUT2D eigenvalue weighted by molar-refractivity contribution is 5.91. The molecule has 1 N–H and O–H groups in total. The van der Waals surface area contributed by atoms with E-state index in [1.54, 1.807) is 42.6 Å². The van der Waals surface area contributed by atoms with E-state index in [1.807, 2.05) is 42.5 Å². The Bertz CT molecular complexity index is 1200. The number of rotatable bonds is 5. The fourth-order valence-electron chi connectivity index (χ4n) is 2.79. The number of anilines is 1. The summed E-state index contributed by atoms with van der Waals surface area (Å²) < 4.78 is 5.55. The van der Waals surface area contributed by atoms with Gasteiger partial charge < -0.3 is 10.1 Å². The molecule has 1 amide bonds. The van der Waals surface area contributed by atoms with Crippen molar-refractivity contribution in [3.63, 3.8) is 0 Å².